The fourth-order valence-electron chi connectivity index (χ4n) is 1.11. The second kappa shape index (κ2) is 2.78. The third kappa shape index (κ3) is 1.15. The molecular formula is C8H7BrN2S. The summed E-state index contributed by atoms with van der Waals surface area (Å²) in [5, 5.41) is 1.09. The van der Waals surface area contributed by atoms with E-state index in [9.17, 15) is 0 Å². The van der Waals surface area contributed by atoms with Crippen LogP contribution in [0.25, 0.3) is 10.2 Å². The van der Waals surface area contributed by atoms with Crippen LogP contribution in [0.15, 0.2) is 10.8 Å². The molecule has 2 heterocycles. The molecule has 2 aromatic heterocycles. The minimum absolute atomic E-state index is 0.840. The van der Waals surface area contributed by atoms with Crippen molar-refractivity contribution in [3.05, 3.63) is 21.4 Å². The van der Waals surface area contributed by atoms with Gasteiger partial charge in [0.15, 0.2) is 0 Å². The van der Waals surface area contributed by atoms with E-state index in [0.29, 0.717) is 0 Å². The number of pyridine rings is 1. The largest absolute Gasteiger partial charge is 0.247 e. The maximum absolute atomic E-state index is 4.38. The Balaban J connectivity index is 2.93. The number of rotatable bonds is 0. The predicted octanol–water partition coefficient (Wildman–Crippen LogP) is 3.07. The Labute approximate surface area is 82.8 Å². The maximum Gasteiger partial charge on any atom is 0.133 e. The second-order valence-electron chi connectivity index (χ2n) is 2.64. The summed E-state index contributed by atoms with van der Waals surface area (Å²) in [7, 11) is 0. The van der Waals surface area contributed by atoms with Crippen molar-refractivity contribution >= 4 is 37.5 Å². The van der Waals surface area contributed by atoms with Gasteiger partial charge in [0.25, 0.3) is 0 Å². The highest BCUT2D eigenvalue weighted by atomic mass is 79.9. The van der Waals surface area contributed by atoms with Crippen LogP contribution in [0.5, 0.6) is 0 Å². The monoisotopic (exact) mass is 242 g/mol. The molecule has 2 aromatic rings. The number of hydrogen-bond acceptors (Lipinski definition) is 3. The molecule has 0 atom stereocenters. The molecule has 0 aliphatic rings. The van der Waals surface area contributed by atoms with E-state index in [-0.39, 0.29) is 0 Å². The van der Waals surface area contributed by atoms with Crippen molar-refractivity contribution < 1.29 is 0 Å². The second-order valence-corrected chi connectivity index (χ2v) is 4.60. The van der Waals surface area contributed by atoms with Gasteiger partial charge in [-0.15, -0.1) is 11.3 Å². The molecular weight excluding hydrogens is 236 g/mol. The fraction of sp³-hybridized carbons (Fsp3) is 0.250. The summed E-state index contributed by atoms with van der Waals surface area (Å²) in [6, 6.07) is 0. The standard InChI is InChI=1S/C8H7BrN2S/c1-4-3-10-8(9)6-7(4)12-5(2)11-6/h3H,1-2H3. The zero-order chi connectivity index (χ0) is 8.72. The Morgan fingerprint density at radius 3 is 2.83 bits per heavy atom. The van der Waals surface area contributed by atoms with Gasteiger partial charge < -0.3 is 0 Å². The Morgan fingerprint density at radius 1 is 1.42 bits per heavy atom. The molecule has 0 fully saturated rings. The van der Waals surface area contributed by atoms with Crippen LogP contribution in [0, 0.1) is 13.8 Å². The summed E-state index contributed by atoms with van der Waals surface area (Å²) in [4.78, 5) is 8.56. The maximum atomic E-state index is 4.38. The smallest absolute Gasteiger partial charge is 0.133 e. The summed E-state index contributed by atoms with van der Waals surface area (Å²) in [6.45, 7) is 4.07. The summed E-state index contributed by atoms with van der Waals surface area (Å²) < 4.78 is 2.07. The summed E-state index contributed by atoms with van der Waals surface area (Å²) >= 11 is 5.09. The molecule has 0 aliphatic heterocycles. The van der Waals surface area contributed by atoms with Gasteiger partial charge in [0, 0.05) is 6.20 Å². The van der Waals surface area contributed by atoms with Crippen LogP contribution in [0.3, 0.4) is 0 Å². The van der Waals surface area contributed by atoms with Crippen molar-refractivity contribution in [2.45, 2.75) is 13.8 Å². The van der Waals surface area contributed by atoms with Crippen LogP contribution in [0.2, 0.25) is 0 Å². The topological polar surface area (TPSA) is 25.8 Å². The number of halogens is 1. The van der Waals surface area contributed by atoms with Gasteiger partial charge >= 0.3 is 0 Å². The summed E-state index contributed by atoms with van der Waals surface area (Å²) in [6.07, 6.45) is 1.87. The predicted molar refractivity (Wildman–Crippen MR) is 54.6 cm³/mol. The lowest BCUT2D eigenvalue weighted by atomic mass is 10.3. The van der Waals surface area contributed by atoms with E-state index in [1.807, 2.05) is 13.1 Å². The number of aryl methyl sites for hydroxylation is 2. The van der Waals surface area contributed by atoms with E-state index in [2.05, 4.69) is 32.8 Å². The Bertz CT molecular complexity index is 397. The lowest BCUT2D eigenvalue weighted by Gasteiger charge is -1.93. The number of hydrogen-bond donors (Lipinski definition) is 0. The van der Waals surface area contributed by atoms with Crippen LogP contribution in [-0.4, -0.2) is 9.97 Å². The van der Waals surface area contributed by atoms with Gasteiger partial charge in [0.2, 0.25) is 0 Å². The Morgan fingerprint density at radius 2 is 2.17 bits per heavy atom. The van der Waals surface area contributed by atoms with E-state index in [1.165, 1.54) is 10.3 Å². The molecule has 0 saturated carbocycles. The van der Waals surface area contributed by atoms with Crippen LogP contribution in [0.4, 0.5) is 0 Å². The first-order valence-corrected chi connectivity index (χ1v) is 5.17. The molecule has 4 heteroatoms. The first kappa shape index (κ1) is 8.13. The van der Waals surface area contributed by atoms with Crippen molar-refractivity contribution in [3.8, 4) is 0 Å². The van der Waals surface area contributed by atoms with Gasteiger partial charge in [-0.25, -0.2) is 9.97 Å². The molecule has 0 saturated heterocycles. The van der Waals surface area contributed by atoms with Crippen molar-refractivity contribution in [1.82, 2.24) is 9.97 Å². The minimum Gasteiger partial charge on any atom is -0.247 e. The Hall–Kier alpha value is -0.480. The number of nitrogens with zero attached hydrogens (tertiary/aromatic N) is 2. The van der Waals surface area contributed by atoms with Crippen LogP contribution < -0.4 is 0 Å². The molecule has 0 spiro atoms. The molecule has 0 radical (unpaired) electrons. The van der Waals surface area contributed by atoms with E-state index in [0.717, 1.165) is 15.1 Å². The molecule has 0 N–H and O–H groups in total. The highest BCUT2D eigenvalue weighted by Crippen LogP contribution is 2.28. The van der Waals surface area contributed by atoms with Gasteiger partial charge in [0.1, 0.15) is 10.1 Å². The molecule has 0 bridgehead atoms. The highest BCUT2D eigenvalue weighted by Gasteiger charge is 2.06. The van der Waals surface area contributed by atoms with E-state index in [4.69, 9.17) is 0 Å². The van der Waals surface area contributed by atoms with Gasteiger partial charge in [0.05, 0.1) is 9.71 Å². The Kier molecular flexibility index (Phi) is 1.88. The molecule has 12 heavy (non-hydrogen) atoms. The van der Waals surface area contributed by atoms with Crippen molar-refractivity contribution in [2.75, 3.05) is 0 Å². The van der Waals surface area contributed by atoms with Gasteiger partial charge in [-0.05, 0) is 35.3 Å². The third-order valence-corrected chi connectivity index (χ3v) is 3.35. The van der Waals surface area contributed by atoms with Crippen LogP contribution >= 0.6 is 27.3 Å². The van der Waals surface area contributed by atoms with E-state index >= 15 is 0 Å². The summed E-state index contributed by atoms with van der Waals surface area (Å²) in [5.41, 5.74) is 2.18. The third-order valence-electron chi connectivity index (χ3n) is 1.66. The number of thiazole rings is 1. The van der Waals surface area contributed by atoms with Crippen LogP contribution in [-0.2, 0) is 0 Å². The average Bonchev–Trinajstić information content (AvgIpc) is 2.41. The zero-order valence-electron chi connectivity index (χ0n) is 6.76. The van der Waals surface area contributed by atoms with Gasteiger partial charge in [-0.3, -0.25) is 0 Å². The lowest BCUT2D eigenvalue weighted by Crippen LogP contribution is -1.80. The SMILES string of the molecule is Cc1nc2c(Br)ncc(C)c2s1. The first-order chi connectivity index (χ1) is 5.68. The van der Waals surface area contributed by atoms with E-state index < -0.39 is 0 Å². The van der Waals surface area contributed by atoms with Crippen LogP contribution in [0.1, 0.15) is 10.6 Å². The van der Waals surface area contributed by atoms with Crippen molar-refractivity contribution in [1.29, 1.82) is 0 Å². The molecule has 2 nitrogen and oxygen atoms in total. The van der Waals surface area contributed by atoms with Gasteiger partial charge in [-0.2, -0.15) is 0 Å². The molecule has 0 aromatic carbocycles. The first-order valence-electron chi connectivity index (χ1n) is 3.56. The molecule has 0 aliphatic carbocycles. The minimum atomic E-state index is 0.840. The molecule has 62 valence electrons. The molecule has 2 rings (SSSR count). The summed E-state index contributed by atoms with van der Waals surface area (Å²) in [5.74, 6) is 0. The molecule has 0 amide bonds. The zero-order valence-corrected chi connectivity index (χ0v) is 9.16. The lowest BCUT2D eigenvalue weighted by molar-refractivity contribution is 1.24. The van der Waals surface area contributed by atoms with Crippen molar-refractivity contribution in [2.24, 2.45) is 0 Å². The molecule has 0 unspecified atom stereocenters. The van der Waals surface area contributed by atoms with Crippen molar-refractivity contribution in [3.63, 3.8) is 0 Å². The quantitative estimate of drug-likeness (QED) is 0.664. The van der Waals surface area contributed by atoms with Gasteiger partial charge in [-0.1, -0.05) is 0 Å². The highest BCUT2D eigenvalue weighted by molar-refractivity contribution is 9.10. The number of fused-ring (bicyclic) bond motifs is 1. The normalized spacial score (nSPS) is 10.9. The number of aromatic nitrogens is 2. The fourth-order valence-corrected chi connectivity index (χ4v) is 2.51. The van der Waals surface area contributed by atoms with E-state index in [1.54, 1.807) is 11.3 Å². The average molecular weight is 243 g/mol.